The van der Waals surface area contributed by atoms with Crippen LogP contribution in [-0.4, -0.2) is 60.5 Å². The zero-order valence-corrected chi connectivity index (χ0v) is 8.94. The lowest BCUT2D eigenvalue weighted by Gasteiger charge is -2.54. The maximum atomic E-state index is 11.4. The molecule has 0 unspecified atom stereocenters. The van der Waals surface area contributed by atoms with Crippen molar-refractivity contribution in [3.05, 3.63) is 0 Å². The summed E-state index contributed by atoms with van der Waals surface area (Å²) in [6, 6.07) is 0. The molecule has 2 heterocycles. The van der Waals surface area contributed by atoms with Crippen LogP contribution in [0.2, 0.25) is 0 Å². The van der Waals surface area contributed by atoms with E-state index in [1.54, 1.807) is 6.92 Å². The first-order chi connectivity index (χ1) is 7.16. The summed E-state index contributed by atoms with van der Waals surface area (Å²) in [6.07, 6.45) is 0.123. The zero-order valence-electron chi connectivity index (χ0n) is 8.94. The molecule has 0 radical (unpaired) electrons. The van der Waals surface area contributed by atoms with Crippen LogP contribution in [0.1, 0.15) is 13.3 Å². The molecule has 5 nitrogen and oxygen atoms in total. The molecule has 2 rings (SSSR count). The van der Waals surface area contributed by atoms with Crippen molar-refractivity contribution in [2.45, 2.75) is 25.0 Å². The van der Waals surface area contributed by atoms with Gasteiger partial charge in [-0.25, -0.2) is 0 Å². The fourth-order valence-corrected chi connectivity index (χ4v) is 2.06. The topological polar surface area (TPSA) is 59.0 Å². The van der Waals surface area contributed by atoms with E-state index in [0.29, 0.717) is 39.3 Å². The highest BCUT2D eigenvalue weighted by Crippen LogP contribution is 2.33. The van der Waals surface area contributed by atoms with Crippen molar-refractivity contribution < 1.29 is 19.4 Å². The number of esters is 1. The van der Waals surface area contributed by atoms with Gasteiger partial charge in [0.1, 0.15) is 0 Å². The minimum Gasteiger partial charge on any atom is -0.466 e. The molecule has 0 atom stereocenters. The molecule has 0 amide bonds. The molecule has 0 spiro atoms. The van der Waals surface area contributed by atoms with E-state index in [1.807, 2.05) is 0 Å². The highest BCUT2D eigenvalue weighted by molar-refractivity contribution is 5.71. The second-order valence-corrected chi connectivity index (χ2v) is 4.26. The molecule has 0 aromatic rings. The summed E-state index contributed by atoms with van der Waals surface area (Å²) in [5.74, 6) is -0.179. The van der Waals surface area contributed by atoms with E-state index in [-0.39, 0.29) is 17.6 Å². The first kappa shape index (κ1) is 10.9. The van der Waals surface area contributed by atoms with Crippen LogP contribution in [0.15, 0.2) is 0 Å². The maximum Gasteiger partial charge on any atom is 0.307 e. The summed E-state index contributed by atoms with van der Waals surface area (Å²) < 4.78 is 10.1. The summed E-state index contributed by atoms with van der Waals surface area (Å²) in [5, 5.41) is 9.24. The highest BCUT2D eigenvalue weighted by Gasteiger charge is 2.50. The van der Waals surface area contributed by atoms with Crippen LogP contribution in [0.3, 0.4) is 0 Å². The van der Waals surface area contributed by atoms with E-state index in [4.69, 9.17) is 9.47 Å². The van der Waals surface area contributed by atoms with Gasteiger partial charge >= 0.3 is 5.97 Å². The van der Waals surface area contributed by atoms with Gasteiger partial charge in [0.2, 0.25) is 0 Å². The average Bonchev–Trinajstić information content (AvgIpc) is 2.07. The molecule has 5 heteroatoms. The van der Waals surface area contributed by atoms with E-state index in [9.17, 15) is 9.90 Å². The van der Waals surface area contributed by atoms with Crippen molar-refractivity contribution in [2.75, 3.05) is 32.9 Å². The third-order valence-corrected chi connectivity index (χ3v) is 3.05. The fraction of sp³-hybridized carbons (Fsp3) is 0.900. The normalized spacial score (nSPS) is 25.5. The second-order valence-electron chi connectivity index (χ2n) is 4.26. The smallest absolute Gasteiger partial charge is 0.307 e. The lowest BCUT2D eigenvalue weighted by atomic mass is 9.87. The number of aliphatic hydroxyl groups excluding tert-OH is 1. The SMILES string of the molecule is CCOC(=O)CC1(N2CC(O)C2)COC1. The van der Waals surface area contributed by atoms with E-state index in [2.05, 4.69) is 4.90 Å². The Morgan fingerprint density at radius 1 is 1.60 bits per heavy atom. The molecule has 86 valence electrons. The number of β-amino-alcohol motifs (C(OH)–C–C–N with tert-alkyl or cyclic N) is 1. The van der Waals surface area contributed by atoms with Crippen LogP contribution >= 0.6 is 0 Å². The minimum absolute atomic E-state index is 0.179. The molecule has 2 aliphatic heterocycles. The number of carbonyl (C=O) groups is 1. The minimum atomic E-state index is -0.246. The Balaban J connectivity index is 1.88. The van der Waals surface area contributed by atoms with Crippen LogP contribution < -0.4 is 0 Å². The molecule has 15 heavy (non-hydrogen) atoms. The first-order valence-corrected chi connectivity index (χ1v) is 5.33. The number of aliphatic hydroxyl groups is 1. The van der Waals surface area contributed by atoms with Gasteiger partial charge in [-0.3, -0.25) is 9.69 Å². The Kier molecular flexibility index (Phi) is 2.95. The Morgan fingerprint density at radius 2 is 2.27 bits per heavy atom. The Labute approximate surface area is 89.0 Å². The lowest BCUT2D eigenvalue weighted by molar-refractivity contribution is -0.196. The van der Waals surface area contributed by atoms with Gasteiger partial charge in [-0.05, 0) is 6.92 Å². The Morgan fingerprint density at radius 3 is 2.67 bits per heavy atom. The van der Waals surface area contributed by atoms with Gasteiger partial charge in [0.05, 0.1) is 37.9 Å². The van der Waals surface area contributed by atoms with Crippen LogP contribution in [0, 0.1) is 0 Å². The number of carbonyl (C=O) groups excluding carboxylic acids is 1. The van der Waals surface area contributed by atoms with Crippen molar-refractivity contribution in [1.82, 2.24) is 4.90 Å². The largest absolute Gasteiger partial charge is 0.466 e. The average molecular weight is 215 g/mol. The maximum absolute atomic E-state index is 11.4. The Hall–Kier alpha value is -0.650. The van der Waals surface area contributed by atoms with Gasteiger partial charge in [-0.1, -0.05) is 0 Å². The number of hydrogen-bond acceptors (Lipinski definition) is 5. The summed E-state index contributed by atoms with van der Waals surface area (Å²) in [7, 11) is 0. The lowest BCUT2D eigenvalue weighted by Crippen LogP contribution is -2.70. The van der Waals surface area contributed by atoms with E-state index < -0.39 is 0 Å². The molecular weight excluding hydrogens is 198 g/mol. The molecule has 0 bridgehead atoms. The zero-order chi connectivity index (χ0) is 10.9. The third-order valence-electron chi connectivity index (χ3n) is 3.05. The van der Waals surface area contributed by atoms with E-state index in [0.717, 1.165) is 0 Å². The fourth-order valence-electron chi connectivity index (χ4n) is 2.06. The van der Waals surface area contributed by atoms with Crippen LogP contribution in [0.25, 0.3) is 0 Å². The van der Waals surface area contributed by atoms with Crippen LogP contribution in [0.5, 0.6) is 0 Å². The molecule has 2 fully saturated rings. The predicted octanol–water partition coefficient (Wildman–Crippen LogP) is -0.615. The van der Waals surface area contributed by atoms with Crippen molar-refractivity contribution in [3.63, 3.8) is 0 Å². The van der Waals surface area contributed by atoms with Gasteiger partial charge in [0.25, 0.3) is 0 Å². The quantitative estimate of drug-likeness (QED) is 0.634. The van der Waals surface area contributed by atoms with E-state index in [1.165, 1.54) is 0 Å². The summed E-state index contributed by atoms with van der Waals surface area (Å²) in [5.41, 5.74) is -0.203. The van der Waals surface area contributed by atoms with Crippen molar-refractivity contribution in [1.29, 1.82) is 0 Å². The second kappa shape index (κ2) is 4.08. The molecule has 0 aromatic heterocycles. The summed E-state index contributed by atoms with van der Waals surface area (Å²) in [6.45, 7) is 4.64. The predicted molar refractivity (Wildman–Crippen MR) is 52.4 cm³/mol. The summed E-state index contributed by atoms with van der Waals surface area (Å²) >= 11 is 0. The van der Waals surface area contributed by atoms with Gasteiger partial charge in [0.15, 0.2) is 0 Å². The number of rotatable bonds is 4. The first-order valence-electron chi connectivity index (χ1n) is 5.33. The van der Waals surface area contributed by atoms with Crippen molar-refractivity contribution >= 4 is 5.97 Å². The van der Waals surface area contributed by atoms with Gasteiger partial charge < -0.3 is 14.6 Å². The number of hydrogen-bond donors (Lipinski definition) is 1. The van der Waals surface area contributed by atoms with E-state index >= 15 is 0 Å². The molecule has 0 saturated carbocycles. The highest BCUT2D eigenvalue weighted by atomic mass is 16.5. The molecular formula is C10H17NO4. The molecule has 0 aromatic carbocycles. The van der Waals surface area contributed by atoms with Crippen molar-refractivity contribution in [3.8, 4) is 0 Å². The molecule has 1 N–H and O–H groups in total. The summed E-state index contributed by atoms with van der Waals surface area (Å²) in [4.78, 5) is 13.5. The third kappa shape index (κ3) is 2.00. The molecule has 2 aliphatic rings. The molecule has 0 aliphatic carbocycles. The van der Waals surface area contributed by atoms with Crippen LogP contribution in [-0.2, 0) is 14.3 Å². The Bertz CT molecular complexity index is 246. The van der Waals surface area contributed by atoms with Crippen molar-refractivity contribution in [2.24, 2.45) is 0 Å². The van der Waals surface area contributed by atoms with Crippen LogP contribution in [0.4, 0.5) is 0 Å². The number of likely N-dealkylation sites (tertiary alicyclic amines) is 1. The van der Waals surface area contributed by atoms with Gasteiger partial charge in [-0.15, -0.1) is 0 Å². The standard InChI is InChI=1S/C10H17NO4/c1-2-15-9(13)3-10(6-14-7-10)11-4-8(12)5-11/h8,12H,2-7H2,1H3. The monoisotopic (exact) mass is 215 g/mol. The van der Waals surface area contributed by atoms with Gasteiger partial charge in [0, 0.05) is 13.1 Å². The molecule has 2 saturated heterocycles. The van der Waals surface area contributed by atoms with Gasteiger partial charge in [-0.2, -0.15) is 0 Å². The number of nitrogens with zero attached hydrogens (tertiary/aromatic N) is 1. The number of ether oxygens (including phenoxy) is 2.